The third-order valence-corrected chi connectivity index (χ3v) is 1.96. The minimum atomic E-state index is -0.300. The van der Waals surface area contributed by atoms with Crippen LogP contribution in [0, 0.1) is 0 Å². The minimum Gasteiger partial charge on any atom is -0.392 e. The van der Waals surface area contributed by atoms with Gasteiger partial charge in [0.1, 0.15) is 0 Å². The van der Waals surface area contributed by atoms with E-state index in [0.29, 0.717) is 6.54 Å². The molecular formula is C11H17NO. The molecule has 0 radical (unpaired) electrons. The zero-order valence-corrected chi connectivity index (χ0v) is 8.25. The Morgan fingerprint density at radius 3 is 2.38 bits per heavy atom. The molecule has 0 aromatic heterocycles. The lowest BCUT2D eigenvalue weighted by atomic mass is 10.1. The van der Waals surface area contributed by atoms with Gasteiger partial charge in [0, 0.05) is 12.2 Å². The maximum Gasteiger partial charge on any atom is 0.0684 e. The van der Waals surface area contributed by atoms with Gasteiger partial charge >= 0.3 is 0 Å². The molecule has 1 aromatic carbocycles. The largest absolute Gasteiger partial charge is 0.392 e. The minimum absolute atomic E-state index is 0.300. The normalized spacial score (nSPS) is 12.5. The van der Waals surface area contributed by atoms with Gasteiger partial charge in [0.15, 0.2) is 0 Å². The summed E-state index contributed by atoms with van der Waals surface area (Å²) in [5.41, 5.74) is 2.40. The van der Waals surface area contributed by atoms with Crippen molar-refractivity contribution < 1.29 is 5.11 Å². The first-order chi connectivity index (χ1) is 6.22. The van der Waals surface area contributed by atoms with Crippen molar-refractivity contribution in [2.24, 2.45) is 0 Å². The van der Waals surface area contributed by atoms with E-state index in [9.17, 15) is 0 Å². The summed E-state index contributed by atoms with van der Waals surface area (Å²) < 4.78 is 0. The Labute approximate surface area is 79.6 Å². The Kier molecular flexibility index (Phi) is 3.77. The summed E-state index contributed by atoms with van der Waals surface area (Å²) >= 11 is 0. The van der Waals surface area contributed by atoms with E-state index in [1.54, 1.807) is 6.92 Å². The fraction of sp³-hybridized carbons (Fsp3) is 0.455. The van der Waals surface area contributed by atoms with Crippen molar-refractivity contribution in [2.45, 2.75) is 26.4 Å². The number of anilines is 1. The molecule has 0 fully saturated rings. The van der Waals surface area contributed by atoms with Crippen LogP contribution in [0.5, 0.6) is 0 Å². The molecule has 2 nitrogen and oxygen atoms in total. The highest BCUT2D eigenvalue weighted by atomic mass is 16.3. The molecule has 1 unspecified atom stereocenters. The molecule has 0 aliphatic heterocycles. The number of aliphatic hydroxyl groups is 1. The molecule has 0 bridgehead atoms. The summed E-state index contributed by atoms with van der Waals surface area (Å²) in [6.45, 7) is 4.51. The highest BCUT2D eigenvalue weighted by molar-refractivity contribution is 5.44. The number of rotatable bonds is 4. The topological polar surface area (TPSA) is 32.3 Å². The van der Waals surface area contributed by atoms with E-state index in [-0.39, 0.29) is 6.10 Å². The van der Waals surface area contributed by atoms with Crippen LogP contribution in [0.4, 0.5) is 5.69 Å². The molecule has 72 valence electrons. The average molecular weight is 179 g/mol. The van der Waals surface area contributed by atoms with E-state index in [0.717, 1.165) is 12.1 Å². The van der Waals surface area contributed by atoms with Crippen molar-refractivity contribution >= 4 is 5.69 Å². The van der Waals surface area contributed by atoms with Crippen molar-refractivity contribution in [1.82, 2.24) is 0 Å². The zero-order valence-electron chi connectivity index (χ0n) is 8.25. The van der Waals surface area contributed by atoms with Gasteiger partial charge in [0.25, 0.3) is 0 Å². The van der Waals surface area contributed by atoms with Gasteiger partial charge in [-0.2, -0.15) is 0 Å². The summed E-state index contributed by atoms with van der Waals surface area (Å²) in [7, 11) is 0. The Morgan fingerprint density at radius 2 is 1.92 bits per heavy atom. The van der Waals surface area contributed by atoms with Crippen LogP contribution in [0.3, 0.4) is 0 Å². The molecule has 2 heteroatoms. The molecule has 13 heavy (non-hydrogen) atoms. The van der Waals surface area contributed by atoms with Gasteiger partial charge < -0.3 is 10.4 Å². The van der Waals surface area contributed by atoms with Crippen molar-refractivity contribution in [3.63, 3.8) is 0 Å². The zero-order chi connectivity index (χ0) is 9.68. The predicted octanol–water partition coefficient (Wildman–Crippen LogP) is 2.04. The van der Waals surface area contributed by atoms with Gasteiger partial charge in [0.2, 0.25) is 0 Å². The first-order valence-corrected chi connectivity index (χ1v) is 4.73. The van der Waals surface area contributed by atoms with E-state index in [2.05, 4.69) is 24.4 Å². The molecule has 2 N–H and O–H groups in total. The summed E-state index contributed by atoms with van der Waals surface area (Å²) in [5, 5.41) is 12.2. The first-order valence-electron chi connectivity index (χ1n) is 4.73. The fourth-order valence-electron chi connectivity index (χ4n) is 1.12. The predicted molar refractivity (Wildman–Crippen MR) is 56.0 cm³/mol. The van der Waals surface area contributed by atoms with Gasteiger partial charge in [-0.15, -0.1) is 0 Å². The molecule has 1 atom stereocenters. The molecule has 0 saturated carbocycles. The van der Waals surface area contributed by atoms with Gasteiger partial charge in [-0.25, -0.2) is 0 Å². The standard InChI is InChI=1S/C11H17NO/c1-3-10-4-6-11(7-5-10)12-8-9(2)13/h4-7,9,12-13H,3,8H2,1-2H3. The summed E-state index contributed by atoms with van der Waals surface area (Å²) in [5.74, 6) is 0. The Bertz CT molecular complexity index is 241. The highest BCUT2D eigenvalue weighted by Crippen LogP contribution is 2.09. The molecule has 0 spiro atoms. The Hall–Kier alpha value is -1.02. The molecular weight excluding hydrogens is 162 g/mol. The van der Waals surface area contributed by atoms with Gasteiger partial charge in [-0.1, -0.05) is 19.1 Å². The number of nitrogens with one attached hydrogen (secondary N) is 1. The van der Waals surface area contributed by atoms with Crippen molar-refractivity contribution in [2.75, 3.05) is 11.9 Å². The second kappa shape index (κ2) is 4.87. The van der Waals surface area contributed by atoms with Gasteiger partial charge in [-0.05, 0) is 31.0 Å². The third-order valence-electron chi connectivity index (χ3n) is 1.96. The van der Waals surface area contributed by atoms with E-state index in [1.165, 1.54) is 5.56 Å². The SMILES string of the molecule is CCc1ccc(NCC(C)O)cc1. The highest BCUT2D eigenvalue weighted by Gasteiger charge is 1.95. The number of aryl methyl sites for hydroxylation is 1. The van der Waals surface area contributed by atoms with E-state index in [1.807, 2.05) is 12.1 Å². The van der Waals surface area contributed by atoms with Gasteiger partial charge in [0.05, 0.1) is 6.10 Å². The van der Waals surface area contributed by atoms with Crippen molar-refractivity contribution in [3.8, 4) is 0 Å². The van der Waals surface area contributed by atoms with Crippen LogP contribution < -0.4 is 5.32 Å². The summed E-state index contributed by atoms with van der Waals surface area (Å²) in [4.78, 5) is 0. The second-order valence-electron chi connectivity index (χ2n) is 3.28. The summed E-state index contributed by atoms with van der Waals surface area (Å²) in [6, 6.07) is 8.29. The van der Waals surface area contributed by atoms with Crippen LogP contribution >= 0.6 is 0 Å². The lowest BCUT2D eigenvalue weighted by Gasteiger charge is -2.08. The molecule has 0 saturated heterocycles. The van der Waals surface area contributed by atoms with Crippen LogP contribution in [0.1, 0.15) is 19.4 Å². The van der Waals surface area contributed by atoms with E-state index >= 15 is 0 Å². The molecule has 1 rings (SSSR count). The second-order valence-corrected chi connectivity index (χ2v) is 3.28. The Balaban J connectivity index is 2.49. The smallest absolute Gasteiger partial charge is 0.0684 e. The maximum absolute atomic E-state index is 9.05. The average Bonchev–Trinajstić information content (AvgIpc) is 2.15. The number of benzene rings is 1. The van der Waals surface area contributed by atoms with E-state index in [4.69, 9.17) is 5.11 Å². The third kappa shape index (κ3) is 3.47. The van der Waals surface area contributed by atoms with E-state index < -0.39 is 0 Å². The van der Waals surface area contributed by atoms with Crippen LogP contribution in [0.15, 0.2) is 24.3 Å². The molecule has 0 amide bonds. The molecule has 0 aliphatic rings. The number of hydrogen-bond acceptors (Lipinski definition) is 2. The monoisotopic (exact) mass is 179 g/mol. The van der Waals surface area contributed by atoms with Crippen LogP contribution in [0.25, 0.3) is 0 Å². The first kappa shape index (κ1) is 10.1. The van der Waals surface area contributed by atoms with Crippen molar-refractivity contribution in [3.05, 3.63) is 29.8 Å². The molecule has 0 heterocycles. The molecule has 0 aliphatic carbocycles. The van der Waals surface area contributed by atoms with Crippen LogP contribution in [-0.4, -0.2) is 17.8 Å². The number of aliphatic hydroxyl groups excluding tert-OH is 1. The van der Waals surface area contributed by atoms with Crippen molar-refractivity contribution in [1.29, 1.82) is 0 Å². The lowest BCUT2D eigenvalue weighted by molar-refractivity contribution is 0.208. The Morgan fingerprint density at radius 1 is 1.31 bits per heavy atom. The molecule has 1 aromatic rings. The maximum atomic E-state index is 9.05. The van der Waals surface area contributed by atoms with Crippen LogP contribution in [0.2, 0.25) is 0 Å². The van der Waals surface area contributed by atoms with Gasteiger partial charge in [-0.3, -0.25) is 0 Å². The quantitative estimate of drug-likeness (QED) is 0.741. The fourth-order valence-corrected chi connectivity index (χ4v) is 1.12. The number of hydrogen-bond donors (Lipinski definition) is 2. The summed E-state index contributed by atoms with van der Waals surface area (Å²) in [6.07, 6.45) is 0.766. The lowest BCUT2D eigenvalue weighted by Crippen LogP contribution is -2.15. The van der Waals surface area contributed by atoms with Crippen LogP contribution in [-0.2, 0) is 6.42 Å².